The molecule has 0 unspecified atom stereocenters. The molecule has 1 aromatic heterocycles. The molecule has 0 bridgehead atoms. The van der Waals surface area contributed by atoms with Crippen LogP contribution in [0.15, 0.2) is 65.9 Å². The third-order valence-electron chi connectivity index (χ3n) is 3.98. The molecule has 1 N–H and O–H groups in total. The highest BCUT2D eigenvalue weighted by atomic mass is 127. The first-order chi connectivity index (χ1) is 13.6. The predicted molar refractivity (Wildman–Crippen MR) is 117 cm³/mol. The fourth-order valence-electron chi connectivity index (χ4n) is 2.61. The van der Waals surface area contributed by atoms with Crippen molar-refractivity contribution in [2.24, 2.45) is 5.10 Å². The van der Waals surface area contributed by atoms with Crippen molar-refractivity contribution in [3.05, 3.63) is 75.6 Å². The Bertz CT molecular complexity index is 981. The minimum Gasteiger partial charge on any atom is -0.497 e. The topological polar surface area (TPSA) is 64.8 Å². The normalized spacial score (nSPS) is 10.8. The van der Waals surface area contributed by atoms with Crippen molar-refractivity contribution in [2.45, 2.75) is 6.92 Å². The molecule has 0 aliphatic heterocycles. The van der Waals surface area contributed by atoms with Crippen molar-refractivity contribution in [3.63, 3.8) is 0 Å². The van der Waals surface area contributed by atoms with Gasteiger partial charge in [0.25, 0.3) is 5.91 Å². The van der Waals surface area contributed by atoms with Crippen LogP contribution < -0.4 is 14.9 Å². The number of carbonyl (C=O) groups is 1. The molecule has 3 rings (SSSR count). The van der Waals surface area contributed by atoms with Crippen molar-refractivity contribution in [1.82, 2.24) is 9.99 Å². The zero-order valence-electron chi connectivity index (χ0n) is 15.6. The van der Waals surface area contributed by atoms with Crippen molar-refractivity contribution in [2.75, 3.05) is 13.7 Å². The maximum absolute atomic E-state index is 11.9. The fourth-order valence-corrected chi connectivity index (χ4v) is 3.15. The molecule has 3 aromatic rings. The van der Waals surface area contributed by atoms with Gasteiger partial charge in [0.1, 0.15) is 11.5 Å². The average molecular weight is 489 g/mol. The number of methoxy groups -OCH3 is 1. The van der Waals surface area contributed by atoms with E-state index in [2.05, 4.69) is 33.1 Å². The maximum Gasteiger partial charge on any atom is 0.277 e. The van der Waals surface area contributed by atoms with Gasteiger partial charge >= 0.3 is 0 Å². The quantitative estimate of drug-likeness (QED) is 0.311. The number of hydrogen-bond donors (Lipinski definition) is 1. The lowest BCUT2D eigenvalue weighted by atomic mass is 10.3. The van der Waals surface area contributed by atoms with Gasteiger partial charge in [0, 0.05) is 23.1 Å². The van der Waals surface area contributed by atoms with Gasteiger partial charge in [-0.3, -0.25) is 4.79 Å². The lowest BCUT2D eigenvalue weighted by Gasteiger charge is -2.07. The van der Waals surface area contributed by atoms with E-state index in [0.717, 1.165) is 26.3 Å². The first kappa shape index (κ1) is 19.9. The van der Waals surface area contributed by atoms with Gasteiger partial charge in [0.15, 0.2) is 6.61 Å². The highest BCUT2D eigenvalue weighted by Gasteiger charge is 2.05. The lowest BCUT2D eigenvalue weighted by Crippen LogP contribution is -2.24. The number of aromatic nitrogens is 1. The number of hydrogen-bond acceptors (Lipinski definition) is 4. The van der Waals surface area contributed by atoms with Gasteiger partial charge in [0.05, 0.1) is 16.9 Å². The standard InChI is InChI=1S/C21H20IN3O3/c1-15-11-16(13-25(15)17-7-9-18(27-2)10-8-17)12-23-24-21(26)14-28-20-6-4-3-5-19(20)22/h3-13H,14H2,1-2H3,(H,24,26)/b23-12+. The molecule has 7 heteroatoms. The summed E-state index contributed by atoms with van der Waals surface area (Å²) in [6.45, 7) is 1.92. The fraction of sp³-hybridized carbons (Fsp3) is 0.143. The zero-order valence-corrected chi connectivity index (χ0v) is 17.7. The van der Waals surface area contributed by atoms with E-state index in [1.54, 1.807) is 13.3 Å². The number of nitrogens with zero attached hydrogens (tertiary/aromatic N) is 2. The zero-order chi connectivity index (χ0) is 19.9. The number of benzene rings is 2. The van der Waals surface area contributed by atoms with Crippen molar-refractivity contribution >= 4 is 34.7 Å². The van der Waals surface area contributed by atoms with Gasteiger partial charge in [-0.15, -0.1) is 0 Å². The number of ether oxygens (including phenoxy) is 2. The van der Waals surface area contributed by atoms with Crippen molar-refractivity contribution in [3.8, 4) is 17.2 Å². The third-order valence-corrected chi connectivity index (χ3v) is 4.87. The SMILES string of the molecule is COc1ccc(-n2cc(/C=N/NC(=O)COc3ccccc3I)cc2C)cc1. The lowest BCUT2D eigenvalue weighted by molar-refractivity contribution is -0.123. The summed E-state index contributed by atoms with van der Waals surface area (Å²) >= 11 is 2.16. The van der Waals surface area contributed by atoms with Gasteiger partial charge in [-0.2, -0.15) is 5.10 Å². The summed E-state index contributed by atoms with van der Waals surface area (Å²) in [6.07, 6.45) is 3.56. The Hall–Kier alpha value is -2.81. The number of halogens is 1. The van der Waals surface area contributed by atoms with E-state index in [0.29, 0.717) is 5.75 Å². The highest BCUT2D eigenvalue weighted by molar-refractivity contribution is 14.1. The van der Waals surface area contributed by atoms with Gasteiger partial charge < -0.3 is 14.0 Å². The molecule has 0 saturated heterocycles. The number of hydrazone groups is 1. The van der Waals surface area contributed by atoms with E-state index in [-0.39, 0.29) is 12.5 Å². The van der Waals surface area contributed by atoms with Crippen LogP contribution in [0.4, 0.5) is 0 Å². The minimum absolute atomic E-state index is 0.0940. The molecule has 0 aliphatic rings. The van der Waals surface area contributed by atoms with Crippen LogP contribution in [0.25, 0.3) is 5.69 Å². The number of amides is 1. The second-order valence-corrected chi connectivity index (χ2v) is 7.16. The van der Waals surface area contributed by atoms with Gasteiger partial charge in [0.2, 0.25) is 0 Å². The largest absolute Gasteiger partial charge is 0.497 e. The van der Waals surface area contributed by atoms with E-state index in [1.165, 1.54) is 0 Å². The molecule has 0 atom stereocenters. The molecular weight excluding hydrogens is 469 g/mol. The summed E-state index contributed by atoms with van der Waals surface area (Å²) in [5.74, 6) is 1.17. The minimum atomic E-state index is -0.317. The Morgan fingerprint density at radius 3 is 2.68 bits per heavy atom. The van der Waals surface area contributed by atoms with Crippen LogP contribution in [-0.4, -0.2) is 30.4 Å². The molecule has 28 heavy (non-hydrogen) atoms. The highest BCUT2D eigenvalue weighted by Crippen LogP contribution is 2.19. The first-order valence-electron chi connectivity index (χ1n) is 8.59. The molecule has 6 nitrogen and oxygen atoms in total. The van der Waals surface area contributed by atoms with Crippen LogP contribution in [0.2, 0.25) is 0 Å². The summed E-state index contributed by atoms with van der Waals surface area (Å²) in [5.41, 5.74) is 5.44. The van der Waals surface area contributed by atoms with Crippen LogP contribution in [-0.2, 0) is 4.79 Å². The summed E-state index contributed by atoms with van der Waals surface area (Å²) in [7, 11) is 1.64. The second kappa shape index (κ2) is 9.41. The Kier molecular flexibility index (Phi) is 6.70. The van der Waals surface area contributed by atoms with Crippen LogP contribution in [0, 0.1) is 10.5 Å². The Morgan fingerprint density at radius 1 is 1.21 bits per heavy atom. The number of carbonyl (C=O) groups excluding carboxylic acids is 1. The smallest absolute Gasteiger partial charge is 0.277 e. The molecule has 1 heterocycles. The summed E-state index contributed by atoms with van der Waals surface area (Å²) < 4.78 is 13.7. The van der Waals surface area contributed by atoms with Gasteiger partial charge in [-0.1, -0.05) is 12.1 Å². The van der Waals surface area contributed by atoms with Crippen LogP contribution in [0.1, 0.15) is 11.3 Å². The Balaban J connectivity index is 1.57. The first-order valence-corrected chi connectivity index (χ1v) is 9.67. The molecule has 0 spiro atoms. The summed E-state index contributed by atoms with van der Waals surface area (Å²) in [5, 5.41) is 4.01. The van der Waals surface area contributed by atoms with Crippen LogP contribution in [0.5, 0.6) is 11.5 Å². The second-order valence-electron chi connectivity index (χ2n) is 6.00. The molecular formula is C21H20IN3O3. The van der Waals surface area contributed by atoms with E-state index in [4.69, 9.17) is 9.47 Å². The Labute approximate surface area is 177 Å². The monoisotopic (exact) mass is 489 g/mol. The molecule has 0 fully saturated rings. The maximum atomic E-state index is 11.9. The van der Waals surface area contributed by atoms with Crippen LogP contribution >= 0.6 is 22.6 Å². The Morgan fingerprint density at radius 2 is 1.96 bits per heavy atom. The third kappa shape index (κ3) is 5.13. The number of nitrogens with one attached hydrogen (secondary N) is 1. The molecule has 0 radical (unpaired) electrons. The van der Waals surface area contributed by atoms with E-state index in [1.807, 2.05) is 72.3 Å². The predicted octanol–water partition coefficient (Wildman–Crippen LogP) is 3.93. The molecule has 0 aliphatic carbocycles. The summed E-state index contributed by atoms with van der Waals surface area (Å²) in [6, 6.07) is 17.3. The average Bonchev–Trinajstić information content (AvgIpc) is 3.08. The van der Waals surface area contributed by atoms with E-state index < -0.39 is 0 Å². The molecule has 0 saturated carbocycles. The molecule has 144 valence electrons. The number of para-hydroxylation sites is 1. The van der Waals surface area contributed by atoms with Crippen LogP contribution in [0.3, 0.4) is 0 Å². The molecule has 2 aromatic carbocycles. The van der Waals surface area contributed by atoms with Crippen molar-refractivity contribution < 1.29 is 14.3 Å². The number of rotatable bonds is 7. The molecule has 1 amide bonds. The summed E-state index contributed by atoms with van der Waals surface area (Å²) in [4.78, 5) is 11.9. The van der Waals surface area contributed by atoms with E-state index in [9.17, 15) is 4.79 Å². The number of aryl methyl sites for hydroxylation is 1. The van der Waals surface area contributed by atoms with Gasteiger partial charge in [-0.25, -0.2) is 5.43 Å². The van der Waals surface area contributed by atoms with Crippen molar-refractivity contribution in [1.29, 1.82) is 0 Å². The van der Waals surface area contributed by atoms with E-state index >= 15 is 0 Å². The van der Waals surface area contributed by atoms with Gasteiger partial charge in [-0.05, 0) is 72.0 Å².